The molecule has 0 saturated heterocycles. The summed E-state index contributed by atoms with van der Waals surface area (Å²) in [6, 6.07) is 13.9. The predicted molar refractivity (Wildman–Crippen MR) is 138 cm³/mol. The number of alkyl halides is 3. The lowest BCUT2D eigenvalue weighted by atomic mass is 10.1. The Morgan fingerprint density at radius 3 is 2.69 bits per heavy atom. The first-order chi connectivity index (χ1) is 18.5. The number of aromatic nitrogens is 2. The van der Waals surface area contributed by atoms with Crippen LogP contribution in [-0.2, 0) is 21.0 Å². The molecule has 0 radical (unpaired) electrons. The Kier molecular flexibility index (Phi) is 6.81. The molecule has 12 heteroatoms. The molecule has 3 heterocycles. The molecule has 202 valence electrons. The second-order valence-electron chi connectivity index (χ2n) is 8.92. The molecule has 0 aliphatic carbocycles. The molecule has 1 atom stereocenters. The summed E-state index contributed by atoms with van der Waals surface area (Å²) < 4.78 is 76.0. The van der Waals surface area contributed by atoms with Crippen LogP contribution in [0.25, 0.3) is 17.7 Å². The van der Waals surface area contributed by atoms with Crippen LogP contribution in [0.1, 0.15) is 29.5 Å². The molecule has 5 rings (SSSR count). The minimum absolute atomic E-state index is 0.0143. The highest BCUT2D eigenvalue weighted by atomic mass is 32.2. The molecule has 0 amide bonds. The van der Waals surface area contributed by atoms with Gasteiger partial charge in [-0.25, -0.2) is 12.9 Å². The van der Waals surface area contributed by atoms with Crippen LogP contribution in [0.2, 0.25) is 0 Å². The highest BCUT2D eigenvalue weighted by molar-refractivity contribution is 7.92. The second kappa shape index (κ2) is 10.1. The van der Waals surface area contributed by atoms with Crippen molar-refractivity contribution >= 4 is 39.3 Å². The van der Waals surface area contributed by atoms with E-state index in [1.165, 1.54) is 0 Å². The molecule has 39 heavy (non-hydrogen) atoms. The maximum Gasteiger partial charge on any atom is 0.416 e. The van der Waals surface area contributed by atoms with Crippen molar-refractivity contribution in [2.75, 3.05) is 10.8 Å². The standard InChI is InChI=1S/C27H22F3N3O5S/c28-27(29,30)20-3-1-4-22(16-20)39(36,37)33-17-21(9-11-26(34)35)38-25-10-7-18(15-24(25)33)6-8-19-12-13-31-32-14-2-5-23(19)32/h1-8,10,12-16,21H,9,11,17H2,(H,34,35)/b8-6+/t21-/m0/s1. The maximum atomic E-state index is 13.7. The zero-order chi connectivity index (χ0) is 27.8. The number of carbonyl (C=O) groups is 1. The number of aliphatic carboxylic acids is 1. The van der Waals surface area contributed by atoms with E-state index in [0.717, 1.165) is 33.6 Å². The number of carboxylic acid groups (broad SMARTS) is 1. The third-order valence-electron chi connectivity index (χ3n) is 6.27. The van der Waals surface area contributed by atoms with Gasteiger partial charge in [-0.3, -0.25) is 9.10 Å². The van der Waals surface area contributed by atoms with Crippen molar-refractivity contribution in [1.29, 1.82) is 0 Å². The normalized spacial score (nSPS) is 15.9. The molecule has 0 spiro atoms. The minimum Gasteiger partial charge on any atom is -0.486 e. The van der Waals surface area contributed by atoms with Crippen molar-refractivity contribution in [2.45, 2.75) is 30.0 Å². The smallest absolute Gasteiger partial charge is 0.416 e. The summed E-state index contributed by atoms with van der Waals surface area (Å²) in [4.78, 5) is 10.6. The summed E-state index contributed by atoms with van der Waals surface area (Å²) in [6.07, 6.45) is 1.27. The Labute approximate surface area is 221 Å². The zero-order valence-corrected chi connectivity index (χ0v) is 21.1. The number of halogens is 3. The van der Waals surface area contributed by atoms with E-state index in [1.807, 2.05) is 24.3 Å². The Balaban J connectivity index is 1.54. The Bertz CT molecular complexity index is 1680. The van der Waals surface area contributed by atoms with E-state index in [4.69, 9.17) is 9.84 Å². The quantitative estimate of drug-likeness (QED) is 0.329. The van der Waals surface area contributed by atoms with Gasteiger partial charge in [0.25, 0.3) is 10.0 Å². The largest absolute Gasteiger partial charge is 0.486 e. The molecule has 4 aromatic rings. The molecule has 8 nitrogen and oxygen atoms in total. The third-order valence-corrected chi connectivity index (χ3v) is 8.04. The minimum atomic E-state index is -4.73. The molecule has 2 aromatic heterocycles. The lowest BCUT2D eigenvalue weighted by Gasteiger charge is -2.35. The number of hydrogen-bond donors (Lipinski definition) is 1. The summed E-state index contributed by atoms with van der Waals surface area (Å²) in [5.41, 5.74) is 1.40. The second-order valence-corrected chi connectivity index (χ2v) is 10.8. The molecule has 2 aromatic carbocycles. The van der Waals surface area contributed by atoms with E-state index in [2.05, 4.69) is 5.10 Å². The number of sulfonamides is 1. The SMILES string of the molecule is O=C(O)CC[C@H]1CN(S(=O)(=O)c2cccc(C(F)(F)F)c2)c2cc(/C=C/c3ccnn4cccc34)ccc2O1. The van der Waals surface area contributed by atoms with Crippen LogP contribution >= 0.6 is 0 Å². The highest BCUT2D eigenvalue weighted by Crippen LogP contribution is 2.40. The monoisotopic (exact) mass is 557 g/mol. The summed E-state index contributed by atoms with van der Waals surface area (Å²) in [5, 5.41) is 13.3. The first kappa shape index (κ1) is 26.3. The summed E-state index contributed by atoms with van der Waals surface area (Å²) in [7, 11) is -4.46. The van der Waals surface area contributed by atoms with Crippen LogP contribution in [0.4, 0.5) is 18.9 Å². The van der Waals surface area contributed by atoms with Crippen LogP contribution in [0, 0.1) is 0 Å². The molecule has 0 bridgehead atoms. The number of nitrogens with zero attached hydrogens (tertiary/aromatic N) is 3. The van der Waals surface area contributed by atoms with E-state index in [-0.39, 0.29) is 30.8 Å². The topological polar surface area (TPSA) is 101 Å². The van der Waals surface area contributed by atoms with E-state index in [0.29, 0.717) is 11.6 Å². The Hall–Kier alpha value is -4.32. The first-order valence-corrected chi connectivity index (χ1v) is 13.3. The van der Waals surface area contributed by atoms with Crippen molar-refractivity contribution in [2.24, 2.45) is 0 Å². The number of carboxylic acids is 1. The third kappa shape index (κ3) is 5.46. The molecule has 0 saturated carbocycles. The van der Waals surface area contributed by atoms with Crippen LogP contribution in [-0.4, -0.2) is 41.8 Å². The molecule has 1 aliphatic heterocycles. The van der Waals surface area contributed by atoms with E-state index in [9.17, 15) is 26.4 Å². The fraction of sp³-hybridized carbons (Fsp3) is 0.185. The van der Waals surface area contributed by atoms with Crippen LogP contribution in [0.5, 0.6) is 5.75 Å². The number of anilines is 1. The lowest BCUT2D eigenvalue weighted by Crippen LogP contribution is -2.43. The number of hydrogen-bond acceptors (Lipinski definition) is 5. The fourth-order valence-corrected chi connectivity index (χ4v) is 5.90. The van der Waals surface area contributed by atoms with Crippen LogP contribution in [0.3, 0.4) is 0 Å². The summed E-state index contributed by atoms with van der Waals surface area (Å²) >= 11 is 0. The predicted octanol–water partition coefficient (Wildman–Crippen LogP) is 5.34. The average molecular weight is 558 g/mol. The number of rotatable bonds is 7. The first-order valence-electron chi connectivity index (χ1n) is 11.9. The van der Waals surface area contributed by atoms with Crippen molar-refractivity contribution in [3.8, 4) is 5.75 Å². The average Bonchev–Trinajstić information content (AvgIpc) is 3.39. The number of ether oxygens (including phenoxy) is 1. The van der Waals surface area contributed by atoms with Gasteiger partial charge in [-0.05, 0) is 60.5 Å². The van der Waals surface area contributed by atoms with Crippen LogP contribution in [0.15, 0.2) is 78.0 Å². The van der Waals surface area contributed by atoms with Gasteiger partial charge >= 0.3 is 12.1 Å². The van der Waals surface area contributed by atoms with Gasteiger partial charge in [-0.2, -0.15) is 18.3 Å². The maximum absolute atomic E-state index is 13.7. The number of fused-ring (bicyclic) bond motifs is 2. The zero-order valence-electron chi connectivity index (χ0n) is 20.2. The van der Waals surface area contributed by atoms with Gasteiger partial charge in [0.1, 0.15) is 11.9 Å². The van der Waals surface area contributed by atoms with Crippen molar-refractivity contribution in [1.82, 2.24) is 9.61 Å². The van der Waals surface area contributed by atoms with Crippen molar-refractivity contribution in [3.63, 3.8) is 0 Å². The Morgan fingerprint density at radius 1 is 1.10 bits per heavy atom. The van der Waals surface area contributed by atoms with Gasteiger partial charge in [0.15, 0.2) is 0 Å². The summed E-state index contributed by atoms with van der Waals surface area (Å²) in [6.45, 7) is -0.263. The van der Waals surface area contributed by atoms with Gasteiger partial charge in [0.2, 0.25) is 0 Å². The van der Waals surface area contributed by atoms with Gasteiger partial charge in [0, 0.05) is 24.4 Å². The highest BCUT2D eigenvalue weighted by Gasteiger charge is 2.37. The molecule has 0 unspecified atom stereocenters. The van der Waals surface area contributed by atoms with E-state index < -0.39 is 38.7 Å². The van der Waals surface area contributed by atoms with Gasteiger partial charge in [0.05, 0.1) is 28.2 Å². The van der Waals surface area contributed by atoms with Crippen molar-refractivity contribution < 1.29 is 36.2 Å². The van der Waals surface area contributed by atoms with Gasteiger partial charge in [-0.15, -0.1) is 0 Å². The fourth-order valence-electron chi connectivity index (χ4n) is 4.35. The molecule has 0 fully saturated rings. The number of benzene rings is 2. The van der Waals surface area contributed by atoms with E-state index in [1.54, 1.807) is 41.2 Å². The van der Waals surface area contributed by atoms with Crippen molar-refractivity contribution in [3.05, 3.63) is 89.7 Å². The van der Waals surface area contributed by atoms with Crippen LogP contribution < -0.4 is 9.04 Å². The molecule has 1 aliphatic rings. The Morgan fingerprint density at radius 2 is 1.92 bits per heavy atom. The summed E-state index contributed by atoms with van der Waals surface area (Å²) in [5.74, 6) is -0.896. The molecular formula is C27H22F3N3O5S. The van der Waals surface area contributed by atoms with Gasteiger partial charge in [-0.1, -0.05) is 24.3 Å². The van der Waals surface area contributed by atoms with E-state index >= 15 is 0 Å². The molecular weight excluding hydrogens is 535 g/mol. The molecule has 1 N–H and O–H groups in total. The van der Waals surface area contributed by atoms with Gasteiger partial charge < -0.3 is 9.84 Å². The lowest BCUT2D eigenvalue weighted by molar-refractivity contribution is -0.138.